The number of benzene rings is 3. The summed E-state index contributed by atoms with van der Waals surface area (Å²) >= 11 is 0. The van der Waals surface area contributed by atoms with Crippen molar-refractivity contribution in [3.05, 3.63) is 83.9 Å². The van der Waals surface area contributed by atoms with Crippen LogP contribution in [0, 0.1) is 6.92 Å². The Morgan fingerprint density at radius 3 is 2.07 bits per heavy atom. The Bertz CT molecular complexity index is 829. The Morgan fingerprint density at radius 1 is 0.821 bits per heavy atom. The number of methoxy groups -OCH3 is 1. The third-order valence-corrected chi connectivity index (χ3v) is 3.61. The molecule has 1 N–H and O–H groups in total. The summed E-state index contributed by atoms with van der Waals surface area (Å²) in [4.78, 5) is 10.2. The van der Waals surface area contributed by atoms with E-state index < -0.39 is 0 Å². The van der Waals surface area contributed by atoms with Crippen LogP contribution in [0.5, 0.6) is 17.2 Å². The first-order valence-corrected chi connectivity index (χ1v) is 9.26. The number of rotatable bonds is 5. The van der Waals surface area contributed by atoms with Gasteiger partial charge in [0.2, 0.25) is 0 Å². The number of hydrogen-bond donors (Lipinski definition) is 1. The third kappa shape index (κ3) is 7.96. The highest BCUT2D eigenvalue weighted by atomic mass is 16.5. The maximum absolute atomic E-state index is 10.2. The number of nitrogens with one attached hydrogen (secondary N) is 1. The van der Waals surface area contributed by atoms with Crippen molar-refractivity contribution in [2.45, 2.75) is 20.8 Å². The van der Waals surface area contributed by atoms with Crippen molar-refractivity contribution in [2.24, 2.45) is 0 Å². The molecule has 0 amide bonds. The highest BCUT2D eigenvalue weighted by Gasteiger charge is 1.97. The lowest BCUT2D eigenvalue weighted by molar-refractivity contribution is 0.112. The summed E-state index contributed by atoms with van der Waals surface area (Å²) < 4.78 is 10.6. The van der Waals surface area contributed by atoms with Crippen molar-refractivity contribution in [1.29, 1.82) is 0 Å². The van der Waals surface area contributed by atoms with Crippen LogP contribution in [0.4, 0.5) is 5.69 Å². The van der Waals surface area contributed by atoms with Crippen LogP contribution in [0.3, 0.4) is 0 Å². The second-order valence-electron chi connectivity index (χ2n) is 5.59. The van der Waals surface area contributed by atoms with Crippen LogP contribution in [0.25, 0.3) is 0 Å². The van der Waals surface area contributed by atoms with Crippen LogP contribution in [0.2, 0.25) is 0 Å². The molecule has 3 aromatic carbocycles. The van der Waals surface area contributed by atoms with E-state index in [1.165, 1.54) is 5.56 Å². The molecule has 0 heterocycles. The summed E-state index contributed by atoms with van der Waals surface area (Å²) in [5, 5.41) is 3.08. The van der Waals surface area contributed by atoms with E-state index in [9.17, 15) is 4.79 Å². The lowest BCUT2D eigenvalue weighted by atomic mass is 10.2. The maximum atomic E-state index is 10.2. The van der Waals surface area contributed by atoms with Gasteiger partial charge in [0.15, 0.2) is 0 Å². The molecule has 0 atom stereocenters. The summed E-state index contributed by atoms with van der Waals surface area (Å²) in [5.41, 5.74) is 2.92. The molecule has 0 aliphatic carbocycles. The minimum absolute atomic E-state index is 0.638. The molecule has 28 heavy (non-hydrogen) atoms. The second kappa shape index (κ2) is 13.0. The average molecular weight is 380 g/mol. The molecule has 0 fully saturated rings. The van der Waals surface area contributed by atoms with Crippen molar-refractivity contribution in [2.75, 3.05) is 19.5 Å². The molecule has 148 valence electrons. The number of carbonyl (C=O) groups is 1. The van der Waals surface area contributed by atoms with Gasteiger partial charge in [-0.3, -0.25) is 4.79 Å². The van der Waals surface area contributed by atoms with Crippen molar-refractivity contribution in [3.63, 3.8) is 0 Å². The lowest BCUT2D eigenvalue weighted by Crippen LogP contribution is -1.89. The van der Waals surface area contributed by atoms with Gasteiger partial charge < -0.3 is 14.8 Å². The van der Waals surface area contributed by atoms with E-state index >= 15 is 0 Å². The Balaban J connectivity index is 0.000000281. The highest BCUT2D eigenvalue weighted by Crippen LogP contribution is 2.24. The molecule has 0 bridgehead atoms. The summed E-state index contributed by atoms with van der Waals surface area (Å²) in [6.45, 7) is 6.06. The minimum Gasteiger partial charge on any atom is -0.497 e. The number of ether oxygens (including phenoxy) is 2. The van der Waals surface area contributed by atoms with Crippen molar-refractivity contribution >= 4 is 12.0 Å². The van der Waals surface area contributed by atoms with Crippen LogP contribution in [0.15, 0.2) is 72.8 Å². The molecule has 0 aliphatic heterocycles. The number of hydrogen-bond acceptors (Lipinski definition) is 4. The fraction of sp³-hybridized carbons (Fsp3) is 0.208. The second-order valence-corrected chi connectivity index (χ2v) is 5.59. The van der Waals surface area contributed by atoms with E-state index in [2.05, 4.69) is 12.2 Å². The molecule has 0 saturated heterocycles. The zero-order valence-corrected chi connectivity index (χ0v) is 17.2. The molecule has 3 aromatic rings. The van der Waals surface area contributed by atoms with Gasteiger partial charge in [-0.15, -0.1) is 0 Å². The first-order chi connectivity index (χ1) is 13.6. The average Bonchev–Trinajstić information content (AvgIpc) is 2.77. The van der Waals surface area contributed by atoms with E-state index in [-0.39, 0.29) is 0 Å². The molecule has 0 aliphatic rings. The van der Waals surface area contributed by atoms with E-state index in [1.54, 1.807) is 31.4 Å². The molecule has 0 spiro atoms. The Morgan fingerprint density at radius 2 is 1.46 bits per heavy atom. The number of aldehydes is 1. The van der Waals surface area contributed by atoms with Gasteiger partial charge in [-0.1, -0.05) is 49.7 Å². The largest absolute Gasteiger partial charge is 0.497 e. The molecule has 4 heteroatoms. The summed E-state index contributed by atoms with van der Waals surface area (Å²) in [6, 6.07) is 22.9. The van der Waals surface area contributed by atoms with E-state index in [4.69, 9.17) is 9.47 Å². The Kier molecular flexibility index (Phi) is 10.6. The number of carbonyl (C=O) groups excluding carboxylic acids is 1. The van der Waals surface area contributed by atoms with Crippen molar-refractivity contribution in [1.82, 2.24) is 0 Å². The van der Waals surface area contributed by atoms with Gasteiger partial charge in [-0.25, -0.2) is 0 Å². The molecule has 4 nitrogen and oxygen atoms in total. The van der Waals surface area contributed by atoms with Gasteiger partial charge in [0.25, 0.3) is 0 Å². The molecule has 0 unspecified atom stereocenters. The predicted octanol–water partition coefficient (Wildman–Crippen LogP) is 6.36. The zero-order valence-electron chi connectivity index (χ0n) is 17.2. The molecular weight excluding hydrogens is 350 g/mol. The lowest BCUT2D eigenvalue weighted by Gasteiger charge is -2.07. The van der Waals surface area contributed by atoms with Crippen LogP contribution in [-0.2, 0) is 0 Å². The van der Waals surface area contributed by atoms with E-state index in [0.717, 1.165) is 23.5 Å². The van der Waals surface area contributed by atoms with Crippen LogP contribution >= 0.6 is 0 Å². The van der Waals surface area contributed by atoms with Crippen molar-refractivity contribution < 1.29 is 14.3 Å². The first-order valence-electron chi connectivity index (χ1n) is 9.26. The van der Waals surface area contributed by atoms with E-state index in [0.29, 0.717) is 11.3 Å². The van der Waals surface area contributed by atoms with Crippen LogP contribution in [-0.4, -0.2) is 20.4 Å². The quantitative estimate of drug-likeness (QED) is 0.524. The van der Waals surface area contributed by atoms with Gasteiger partial charge in [-0.05, 0) is 43.3 Å². The minimum atomic E-state index is 0.638. The molecule has 0 radical (unpaired) electrons. The fourth-order valence-electron chi connectivity index (χ4n) is 2.17. The zero-order chi connectivity index (χ0) is 20.8. The Labute approximate surface area is 168 Å². The smallest absolute Gasteiger partial charge is 0.150 e. The topological polar surface area (TPSA) is 47.6 Å². The summed E-state index contributed by atoms with van der Waals surface area (Å²) in [7, 11) is 3.47. The number of aryl methyl sites for hydroxylation is 1. The highest BCUT2D eigenvalue weighted by molar-refractivity contribution is 5.75. The standard InChI is InChI=1S/C14H15NO.C8H8O2.C2H6/c1-11-6-8-13(9-7-11)16-14-5-3-4-12(10-14)15-2;1-10-8-4-2-3-7(5-8)6-9;1-2/h3-10,15H,1-2H3;2-6H,1H3;1-2H3. The Hall–Kier alpha value is -3.27. The normalized spacial score (nSPS) is 9.04. The molecular formula is C24H29NO3. The fourth-order valence-corrected chi connectivity index (χ4v) is 2.17. The van der Waals surface area contributed by atoms with Gasteiger partial charge in [0.05, 0.1) is 7.11 Å². The van der Waals surface area contributed by atoms with E-state index in [1.807, 2.05) is 69.4 Å². The monoisotopic (exact) mass is 379 g/mol. The third-order valence-electron chi connectivity index (χ3n) is 3.61. The maximum Gasteiger partial charge on any atom is 0.150 e. The van der Waals surface area contributed by atoms with Crippen LogP contribution < -0.4 is 14.8 Å². The van der Waals surface area contributed by atoms with Crippen molar-refractivity contribution in [3.8, 4) is 17.2 Å². The van der Waals surface area contributed by atoms with Gasteiger partial charge in [0.1, 0.15) is 23.5 Å². The van der Waals surface area contributed by atoms with Gasteiger partial charge in [0, 0.05) is 24.4 Å². The number of anilines is 1. The molecule has 3 rings (SSSR count). The van der Waals surface area contributed by atoms with Crippen LogP contribution in [0.1, 0.15) is 29.8 Å². The first kappa shape index (κ1) is 22.8. The van der Waals surface area contributed by atoms with Gasteiger partial charge >= 0.3 is 0 Å². The molecule has 0 saturated carbocycles. The summed E-state index contributed by atoms with van der Waals surface area (Å²) in [6.07, 6.45) is 0.794. The molecule has 0 aromatic heterocycles. The summed E-state index contributed by atoms with van der Waals surface area (Å²) in [5.74, 6) is 2.42. The SMILES string of the molecule is CC.CNc1cccc(Oc2ccc(C)cc2)c1.COc1cccc(C=O)c1. The predicted molar refractivity (Wildman–Crippen MR) is 117 cm³/mol. The van der Waals surface area contributed by atoms with Gasteiger partial charge in [-0.2, -0.15) is 0 Å².